The zero-order chi connectivity index (χ0) is 8.69. The van der Waals surface area contributed by atoms with Crippen LogP contribution in [0, 0.1) is 12.8 Å². The van der Waals surface area contributed by atoms with Crippen LogP contribution in [0.1, 0.15) is 46.0 Å². The maximum absolute atomic E-state index is 4.01. The molecule has 1 radical (unpaired) electrons. The van der Waals surface area contributed by atoms with E-state index in [1.54, 1.807) is 0 Å². The molecule has 0 aromatic carbocycles. The van der Waals surface area contributed by atoms with E-state index in [2.05, 4.69) is 27.4 Å². The van der Waals surface area contributed by atoms with E-state index in [0.29, 0.717) is 0 Å². The fourth-order valence-electron chi connectivity index (χ4n) is 1.03. The normalized spacial score (nSPS) is 13.0. The molecule has 0 aliphatic rings. The van der Waals surface area contributed by atoms with E-state index in [4.69, 9.17) is 0 Å². The number of allylic oxidation sites excluding steroid dienone is 1. The number of hydrogen-bond acceptors (Lipinski definition) is 0. The first kappa shape index (κ1) is 10.7. The average molecular weight is 153 g/mol. The molecule has 1 unspecified atom stereocenters. The van der Waals surface area contributed by atoms with Crippen molar-refractivity contribution in [2.45, 2.75) is 46.0 Å². The van der Waals surface area contributed by atoms with Gasteiger partial charge in [-0.2, -0.15) is 0 Å². The van der Waals surface area contributed by atoms with Gasteiger partial charge in [-0.3, -0.25) is 0 Å². The molecule has 0 aromatic heterocycles. The first-order chi connectivity index (χ1) is 5.20. The van der Waals surface area contributed by atoms with E-state index in [9.17, 15) is 0 Å². The van der Waals surface area contributed by atoms with Crippen LogP contribution in [-0.4, -0.2) is 0 Å². The molecule has 65 valence electrons. The molecular weight excluding hydrogens is 132 g/mol. The van der Waals surface area contributed by atoms with Gasteiger partial charge in [0.15, 0.2) is 0 Å². The molecule has 11 heavy (non-hydrogen) atoms. The van der Waals surface area contributed by atoms with E-state index in [0.717, 1.165) is 18.8 Å². The molecule has 0 heterocycles. The second kappa shape index (κ2) is 6.45. The summed E-state index contributed by atoms with van der Waals surface area (Å²) in [4.78, 5) is 0. The van der Waals surface area contributed by atoms with Gasteiger partial charge in [-0.25, -0.2) is 0 Å². The van der Waals surface area contributed by atoms with Crippen molar-refractivity contribution in [3.05, 3.63) is 19.1 Å². The summed E-state index contributed by atoms with van der Waals surface area (Å²) in [6.07, 6.45) is 5.90. The summed E-state index contributed by atoms with van der Waals surface area (Å²) >= 11 is 0. The van der Waals surface area contributed by atoms with Gasteiger partial charge in [-0.1, -0.05) is 39.3 Å². The Labute approximate surface area is 71.7 Å². The molecule has 0 aromatic rings. The summed E-state index contributed by atoms with van der Waals surface area (Å²) in [7, 11) is 0. The molecule has 0 bridgehead atoms. The maximum atomic E-state index is 4.01. The Balaban J connectivity index is 3.30. The average Bonchev–Trinajstić information content (AvgIpc) is 2.01. The third-order valence-electron chi connectivity index (χ3n) is 2.22. The van der Waals surface area contributed by atoms with Gasteiger partial charge in [0.05, 0.1) is 0 Å². The molecule has 0 spiro atoms. The monoisotopic (exact) mass is 153 g/mol. The topological polar surface area (TPSA) is 0 Å². The fourth-order valence-corrected chi connectivity index (χ4v) is 1.03. The predicted molar refractivity (Wildman–Crippen MR) is 52.4 cm³/mol. The second-order valence-corrected chi connectivity index (χ2v) is 3.41. The van der Waals surface area contributed by atoms with E-state index in [-0.39, 0.29) is 0 Å². The van der Waals surface area contributed by atoms with Crippen molar-refractivity contribution in [3.8, 4) is 0 Å². The van der Waals surface area contributed by atoms with Gasteiger partial charge < -0.3 is 0 Å². The van der Waals surface area contributed by atoms with E-state index >= 15 is 0 Å². The van der Waals surface area contributed by atoms with Crippen LogP contribution in [0.5, 0.6) is 0 Å². The number of rotatable bonds is 6. The van der Waals surface area contributed by atoms with Crippen molar-refractivity contribution < 1.29 is 0 Å². The Morgan fingerprint density at radius 3 is 2.45 bits per heavy atom. The van der Waals surface area contributed by atoms with Crippen LogP contribution >= 0.6 is 0 Å². The standard InChI is InChI=1S/C11H21/c1-5-7-11(4)9-8-10(3)6-2/h10H,1,4-9H2,2-3H3. The van der Waals surface area contributed by atoms with Crippen molar-refractivity contribution in [3.63, 3.8) is 0 Å². The molecule has 0 rings (SSSR count). The quantitative estimate of drug-likeness (QED) is 0.506. The third kappa shape index (κ3) is 6.15. The zero-order valence-electron chi connectivity index (χ0n) is 8.03. The van der Waals surface area contributed by atoms with Gasteiger partial charge in [0.1, 0.15) is 0 Å². The molecular formula is C11H21. The lowest BCUT2D eigenvalue weighted by molar-refractivity contribution is 0.512. The Hall–Kier alpha value is -0.260. The van der Waals surface area contributed by atoms with Crippen LogP contribution in [0.15, 0.2) is 12.2 Å². The minimum atomic E-state index is 0.858. The van der Waals surface area contributed by atoms with Crippen molar-refractivity contribution in [2.75, 3.05) is 0 Å². The third-order valence-corrected chi connectivity index (χ3v) is 2.22. The van der Waals surface area contributed by atoms with Crippen LogP contribution in [0.3, 0.4) is 0 Å². The van der Waals surface area contributed by atoms with Crippen molar-refractivity contribution in [1.82, 2.24) is 0 Å². The van der Waals surface area contributed by atoms with Gasteiger partial charge in [0.2, 0.25) is 0 Å². The summed E-state index contributed by atoms with van der Waals surface area (Å²) in [5.74, 6) is 0.858. The largest absolute Gasteiger partial charge is 0.0999 e. The highest BCUT2D eigenvalue weighted by atomic mass is 14.1. The molecule has 1 atom stereocenters. The van der Waals surface area contributed by atoms with Crippen molar-refractivity contribution >= 4 is 0 Å². The van der Waals surface area contributed by atoms with Gasteiger partial charge >= 0.3 is 0 Å². The summed E-state index contributed by atoms with van der Waals surface area (Å²) in [6.45, 7) is 12.4. The summed E-state index contributed by atoms with van der Waals surface area (Å²) < 4.78 is 0. The molecule has 0 fully saturated rings. The Morgan fingerprint density at radius 1 is 1.36 bits per heavy atom. The highest BCUT2D eigenvalue weighted by Crippen LogP contribution is 2.16. The Morgan fingerprint density at radius 2 is 2.00 bits per heavy atom. The van der Waals surface area contributed by atoms with Gasteiger partial charge in [-0.15, -0.1) is 0 Å². The zero-order valence-corrected chi connectivity index (χ0v) is 8.03. The fraction of sp³-hybridized carbons (Fsp3) is 0.727. The minimum absolute atomic E-state index is 0.858. The van der Waals surface area contributed by atoms with Crippen LogP contribution in [0.4, 0.5) is 0 Å². The molecule has 0 N–H and O–H groups in total. The lowest BCUT2D eigenvalue weighted by Crippen LogP contribution is -1.92. The van der Waals surface area contributed by atoms with E-state index < -0.39 is 0 Å². The predicted octanol–water partition coefficient (Wildman–Crippen LogP) is 3.98. The molecule has 0 nitrogen and oxygen atoms in total. The summed E-state index contributed by atoms with van der Waals surface area (Å²) in [5, 5.41) is 0. The molecule has 0 amide bonds. The molecule has 0 saturated carbocycles. The highest BCUT2D eigenvalue weighted by molar-refractivity contribution is 4.93. The summed E-state index contributed by atoms with van der Waals surface area (Å²) in [5.41, 5.74) is 1.38. The lowest BCUT2D eigenvalue weighted by atomic mass is 9.98. The first-order valence-electron chi connectivity index (χ1n) is 4.66. The molecule has 0 aliphatic heterocycles. The Bertz CT molecular complexity index is 103. The van der Waals surface area contributed by atoms with Crippen LogP contribution < -0.4 is 0 Å². The van der Waals surface area contributed by atoms with Gasteiger partial charge in [-0.05, 0) is 31.6 Å². The van der Waals surface area contributed by atoms with Crippen LogP contribution in [0.2, 0.25) is 0 Å². The SMILES string of the molecule is [CH2]CCC(=C)CCC(C)CC. The van der Waals surface area contributed by atoms with Crippen molar-refractivity contribution in [2.24, 2.45) is 5.92 Å². The van der Waals surface area contributed by atoms with Crippen LogP contribution in [0.25, 0.3) is 0 Å². The molecule has 0 aliphatic carbocycles. The summed E-state index contributed by atoms with van der Waals surface area (Å²) in [6, 6.07) is 0. The van der Waals surface area contributed by atoms with E-state index in [1.807, 2.05) is 0 Å². The van der Waals surface area contributed by atoms with Crippen LogP contribution in [-0.2, 0) is 0 Å². The highest BCUT2D eigenvalue weighted by Gasteiger charge is 1.99. The molecule has 0 saturated heterocycles. The smallest absolute Gasteiger partial charge is 0.0320 e. The maximum Gasteiger partial charge on any atom is -0.0320 e. The number of hydrogen-bond donors (Lipinski definition) is 0. The second-order valence-electron chi connectivity index (χ2n) is 3.41. The first-order valence-corrected chi connectivity index (χ1v) is 4.66. The molecule has 0 heteroatoms. The minimum Gasteiger partial charge on any atom is -0.0999 e. The van der Waals surface area contributed by atoms with Gasteiger partial charge in [0.25, 0.3) is 0 Å². The van der Waals surface area contributed by atoms with E-state index in [1.165, 1.54) is 24.8 Å². The van der Waals surface area contributed by atoms with Gasteiger partial charge in [0, 0.05) is 0 Å². The lowest BCUT2D eigenvalue weighted by Gasteiger charge is -2.08. The Kier molecular flexibility index (Phi) is 6.30. The van der Waals surface area contributed by atoms with Crippen molar-refractivity contribution in [1.29, 1.82) is 0 Å².